The quantitative estimate of drug-likeness (QED) is 0.613. The molecule has 3 atom stereocenters. The molecule has 88 valence electrons. The molecule has 0 saturated carbocycles. The van der Waals surface area contributed by atoms with Gasteiger partial charge in [-0.2, -0.15) is 0 Å². The van der Waals surface area contributed by atoms with Gasteiger partial charge in [0.2, 0.25) is 0 Å². The summed E-state index contributed by atoms with van der Waals surface area (Å²) in [5.74, 6) is 0. The predicted octanol–water partition coefficient (Wildman–Crippen LogP) is -1.11. The molecule has 0 aliphatic carbocycles. The van der Waals surface area contributed by atoms with Crippen LogP contribution < -0.4 is 11.2 Å². The number of aliphatic hydroxyl groups is 2. The summed E-state index contributed by atoms with van der Waals surface area (Å²) in [7, 11) is 0. The summed E-state index contributed by atoms with van der Waals surface area (Å²) < 4.78 is 1.37. The minimum absolute atomic E-state index is 0.125. The summed E-state index contributed by atoms with van der Waals surface area (Å²) in [6.45, 7) is -0.125. The molecular weight excluding hydrogens is 232 g/mol. The van der Waals surface area contributed by atoms with Crippen molar-refractivity contribution >= 4 is 11.8 Å². The Kier molecular flexibility index (Phi) is 3.17. The van der Waals surface area contributed by atoms with Gasteiger partial charge < -0.3 is 10.2 Å². The van der Waals surface area contributed by atoms with Gasteiger partial charge in [-0.15, -0.1) is 11.8 Å². The van der Waals surface area contributed by atoms with Crippen LogP contribution in [0.1, 0.15) is 11.8 Å². The Balaban J connectivity index is 2.27. The Morgan fingerprint density at radius 3 is 2.88 bits per heavy atom. The molecule has 7 heteroatoms. The van der Waals surface area contributed by atoms with Crippen LogP contribution in [0.2, 0.25) is 0 Å². The van der Waals surface area contributed by atoms with Crippen molar-refractivity contribution in [3.05, 3.63) is 33.1 Å². The van der Waals surface area contributed by atoms with Crippen LogP contribution in [-0.2, 0) is 0 Å². The van der Waals surface area contributed by atoms with Gasteiger partial charge in [0.05, 0.1) is 23.3 Å². The molecule has 0 amide bonds. The smallest absolute Gasteiger partial charge is 0.329 e. The standard InChI is InChI=1S/C9H12N2O4S/c12-4-6-5(13)3-8(16-6)11-2-1-7(14)10-9(11)15/h1-2,5-6,8,12-13H,3-4H2,(H,10,14,15)/t5?,6-,8+/m1/s1. The van der Waals surface area contributed by atoms with Crippen LogP contribution in [0.5, 0.6) is 0 Å². The molecule has 0 radical (unpaired) electrons. The highest BCUT2D eigenvalue weighted by Crippen LogP contribution is 2.40. The molecule has 1 saturated heterocycles. The third-order valence-corrected chi connectivity index (χ3v) is 4.09. The summed E-state index contributed by atoms with van der Waals surface area (Å²) in [5.41, 5.74) is -0.931. The second-order valence-corrected chi connectivity index (χ2v) is 5.05. The number of hydrogen-bond acceptors (Lipinski definition) is 5. The van der Waals surface area contributed by atoms with Gasteiger partial charge in [0.1, 0.15) is 0 Å². The number of rotatable bonds is 2. The van der Waals surface area contributed by atoms with E-state index in [0.29, 0.717) is 6.42 Å². The van der Waals surface area contributed by atoms with Crippen molar-refractivity contribution in [2.24, 2.45) is 0 Å². The van der Waals surface area contributed by atoms with E-state index in [2.05, 4.69) is 4.98 Å². The number of nitrogens with zero attached hydrogens (tertiary/aromatic N) is 1. The van der Waals surface area contributed by atoms with E-state index < -0.39 is 17.4 Å². The molecule has 3 N–H and O–H groups in total. The molecule has 1 unspecified atom stereocenters. The molecule has 1 fully saturated rings. The zero-order chi connectivity index (χ0) is 11.7. The number of H-pyrrole nitrogens is 1. The van der Waals surface area contributed by atoms with E-state index in [0.717, 1.165) is 0 Å². The van der Waals surface area contributed by atoms with Crippen molar-refractivity contribution in [3.8, 4) is 0 Å². The lowest BCUT2D eigenvalue weighted by Gasteiger charge is -2.11. The monoisotopic (exact) mass is 244 g/mol. The summed E-state index contributed by atoms with van der Waals surface area (Å²) in [4.78, 5) is 24.5. The van der Waals surface area contributed by atoms with Crippen LogP contribution in [-0.4, -0.2) is 37.7 Å². The SMILES string of the molecule is O=c1ccn([C@@H]2CC(O)[C@@H](CO)S2)c(=O)[nH]1. The number of aromatic amines is 1. The number of aliphatic hydroxyl groups excluding tert-OH is 2. The van der Waals surface area contributed by atoms with E-state index in [1.165, 1.54) is 28.6 Å². The van der Waals surface area contributed by atoms with Crippen molar-refractivity contribution in [1.29, 1.82) is 0 Å². The van der Waals surface area contributed by atoms with Crippen molar-refractivity contribution in [2.45, 2.75) is 23.1 Å². The topological polar surface area (TPSA) is 95.3 Å². The van der Waals surface area contributed by atoms with Gasteiger partial charge in [0.15, 0.2) is 0 Å². The highest BCUT2D eigenvalue weighted by molar-refractivity contribution is 8.00. The van der Waals surface area contributed by atoms with Gasteiger partial charge >= 0.3 is 5.69 Å². The molecule has 16 heavy (non-hydrogen) atoms. The Morgan fingerprint density at radius 2 is 2.31 bits per heavy atom. The minimum Gasteiger partial charge on any atom is -0.395 e. The van der Waals surface area contributed by atoms with Crippen LogP contribution in [0.3, 0.4) is 0 Å². The average Bonchev–Trinajstić information content (AvgIpc) is 2.59. The van der Waals surface area contributed by atoms with Crippen molar-refractivity contribution in [3.63, 3.8) is 0 Å². The van der Waals surface area contributed by atoms with Gasteiger partial charge in [-0.25, -0.2) is 4.79 Å². The van der Waals surface area contributed by atoms with Gasteiger partial charge in [-0.1, -0.05) is 0 Å². The van der Waals surface area contributed by atoms with Crippen molar-refractivity contribution < 1.29 is 10.2 Å². The average molecular weight is 244 g/mol. The van der Waals surface area contributed by atoms with E-state index in [1.807, 2.05) is 0 Å². The molecule has 2 rings (SSSR count). The maximum Gasteiger partial charge on any atom is 0.329 e. The molecule has 2 heterocycles. The van der Waals surface area contributed by atoms with Crippen LogP contribution in [0, 0.1) is 0 Å². The lowest BCUT2D eigenvalue weighted by molar-refractivity contribution is 0.137. The molecule has 0 spiro atoms. The van der Waals surface area contributed by atoms with Gasteiger partial charge in [-0.3, -0.25) is 14.3 Å². The third-order valence-electron chi connectivity index (χ3n) is 2.55. The van der Waals surface area contributed by atoms with Crippen molar-refractivity contribution in [1.82, 2.24) is 9.55 Å². The zero-order valence-electron chi connectivity index (χ0n) is 8.37. The third kappa shape index (κ3) is 2.06. The molecular formula is C9H12N2O4S. The first-order valence-corrected chi connectivity index (χ1v) is 5.82. The van der Waals surface area contributed by atoms with Crippen LogP contribution in [0.15, 0.2) is 21.9 Å². The Morgan fingerprint density at radius 1 is 1.56 bits per heavy atom. The fourth-order valence-corrected chi connectivity index (χ4v) is 3.09. The molecule has 0 bridgehead atoms. The van der Waals surface area contributed by atoms with Crippen molar-refractivity contribution in [2.75, 3.05) is 6.61 Å². The largest absolute Gasteiger partial charge is 0.395 e. The molecule has 0 aromatic carbocycles. The van der Waals surface area contributed by atoms with Crippen LogP contribution >= 0.6 is 11.8 Å². The van der Waals surface area contributed by atoms with E-state index >= 15 is 0 Å². The molecule has 1 aliphatic heterocycles. The van der Waals surface area contributed by atoms with Crippen LogP contribution in [0.4, 0.5) is 0 Å². The van der Waals surface area contributed by atoms with Crippen LogP contribution in [0.25, 0.3) is 0 Å². The van der Waals surface area contributed by atoms with Gasteiger partial charge in [-0.05, 0) is 0 Å². The number of nitrogens with one attached hydrogen (secondary N) is 1. The minimum atomic E-state index is -0.626. The number of hydrogen-bond donors (Lipinski definition) is 3. The summed E-state index contributed by atoms with van der Waals surface area (Å²) in [6, 6.07) is 1.26. The van der Waals surface area contributed by atoms with E-state index in [4.69, 9.17) is 5.11 Å². The lowest BCUT2D eigenvalue weighted by Crippen LogP contribution is -2.30. The highest BCUT2D eigenvalue weighted by atomic mass is 32.2. The van der Waals surface area contributed by atoms with E-state index in [9.17, 15) is 14.7 Å². The summed E-state index contributed by atoms with van der Waals surface area (Å²) in [5, 5.41) is 18.1. The molecule has 1 aromatic heterocycles. The number of thioether (sulfide) groups is 1. The summed E-state index contributed by atoms with van der Waals surface area (Å²) >= 11 is 1.33. The highest BCUT2D eigenvalue weighted by Gasteiger charge is 2.34. The Labute approximate surface area is 94.9 Å². The molecule has 1 aliphatic rings. The first-order chi connectivity index (χ1) is 7.61. The summed E-state index contributed by atoms with van der Waals surface area (Å²) in [6.07, 6.45) is 1.17. The van der Waals surface area contributed by atoms with E-state index in [1.54, 1.807) is 0 Å². The van der Waals surface area contributed by atoms with E-state index in [-0.39, 0.29) is 17.2 Å². The fraction of sp³-hybridized carbons (Fsp3) is 0.556. The molecule has 1 aromatic rings. The zero-order valence-corrected chi connectivity index (χ0v) is 9.18. The Hall–Kier alpha value is -1.05. The van der Waals surface area contributed by atoms with Gasteiger partial charge in [0.25, 0.3) is 5.56 Å². The fourth-order valence-electron chi connectivity index (χ4n) is 1.70. The second kappa shape index (κ2) is 4.44. The first-order valence-electron chi connectivity index (χ1n) is 4.87. The lowest BCUT2D eigenvalue weighted by atomic mass is 10.2. The maximum absolute atomic E-state index is 11.5. The maximum atomic E-state index is 11.5. The van der Waals surface area contributed by atoms with Gasteiger partial charge in [0, 0.05) is 18.7 Å². The number of aromatic nitrogens is 2. The normalized spacial score (nSPS) is 29.5. The predicted molar refractivity (Wildman–Crippen MR) is 59.4 cm³/mol. The first kappa shape index (κ1) is 11.4. The Bertz CT molecular complexity index is 483. The second-order valence-electron chi connectivity index (χ2n) is 3.63. The molecule has 6 nitrogen and oxygen atoms in total.